The Hall–Kier alpha value is -2.18. The van der Waals surface area contributed by atoms with Gasteiger partial charge in [0.25, 0.3) is 0 Å². The molecule has 0 bridgehead atoms. The Kier molecular flexibility index (Phi) is 3.02. The Morgan fingerprint density at radius 3 is 2.95 bits per heavy atom. The molecule has 0 radical (unpaired) electrons. The monoisotopic (exact) mass is 274 g/mol. The Morgan fingerprint density at radius 1 is 1.32 bits per heavy atom. The highest BCUT2D eigenvalue weighted by molar-refractivity contribution is 7.21. The first-order valence-corrected chi connectivity index (χ1v) is 6.38. The molecule has 0 spiro atoms. The van der Waals surface area contributed by atoms with E-state index in [2.05, 4.69) is 15.3 Å². The summed E-state index contributed by atoms with van der Waals surface area (Å²) in [7, 11) is 1.37. The van der Waals surface area contributed by atoms with Gasteiger partial charge < -0.3 is 4.42 Å². The molecule has 96 valence electrons. The number of aromatic nitrogens is 1. The van der Waals surface area contributed by atoms with Crippen molar-refractivity contribution in [2.45, 2.75) is 0 Å². The van der Waals surface area contributed by atoms with Gasteiger partial charge >= 0.3 is 5.91 Å². The maximum absolute atomic E-state index is 11.5. The molecule has 0 saturated heterocycles. The SMILES string of the molecule is CONC(=O)c1ccc(-c2nc3ccccc3s2)o1. The van der Waals surface area contributed by atoms with Crippen molar-refractivity contribution in [1.29, 1.82) is 0 Å². The normalized spacial score (nSPS) is 10.8. The molecule has 3 rings (SSSR count). The van der Waals surface area contributed by atoms with Gasteiger partial charge in [-0.15, -0.1) is 11.3 Å². The quantitative estimate of drug-likeness (QED) is 0.746. The molecule has 1 amide bonds. The van der Waals surface area contributed by atoms with E-state index in [1.54, 1.807) is 12.1 Å². The predicted molar refractivity (Wildman–Crippen MR) is 71.8 cm³/mol. The highest BCUT2D eigenvalue weighted by atomic mass is 32.1. The second kappa shape index (κ2) is 4.83. The van der Waals surface area contributed by atoms with Gasteiger partial charge in [0.1, 0.15) is 0 Å². The van der Waals surface area contributed by atoms with E-state index in [1.165, 1.54) is 18.4 Å². The van der Waals surface area contributed by atoms with Crippen LogP contribution in [0.4, 0.5) is 0 Å². The van der Waals surface area contributed by atoms with Gasteiger partial charge in [-0.25, -0.2) is 10.5 Å². The Balaban J connectivity index is 1.96. The number of rotatable bonds is 3. The zero-order chi connectivity index (χ0) is 13.2. The number of benzene rings is 1. The van der Waals surface area contributed by atoms with Gasteiger partial charge in [0.15, 0.2) is 16.5 Å². The molecule has 2 heterocycles. The van der Waals surface area contributed by atoms with Gasteiger partial charge in [0, 0.05) is 0 Å². The molecule has 1 N–H and O–H groups in total. The van der Waals surface area contributed by atoms with Crippen LogP contribution in [0.15, 0.2) is 40.8 Å². The summed E-state index contributed by atoms with van der Waals surface area (Å²) in [5, 5.41) is 0.748. The summed E-state index contributed by atoms with van der Waals surface area (Å²) >= 11 is 1.52. The van der Waals surface area contributed by atoms with Gasteiger partial charge in [-0.05, 0) is 24.3 Å². The van der Waals surface area contributed by atoms with Crippen molar-refractivity contribution in [3.05, 3.63) is 42.2 Å². The standard InChI is InChI=1S/C13H10N2O3S/c1-17-15-12(16)9-6-7-10(18-9)13-14-8-4-2-3-5-11(8)19-13/h2-7H,1H3,(H,15,16). The maximum Gasteiger partial charge on any atom is 0.310 e. The fourth-order valence-electron chi connectivity index (χ4n) is 1.70. The fourth-order valence-corrected chi connectivity index (χ4v) is 2.62. The van der Waals surface area contributed by atoms with Crippen molar-refractivity contribution in [2.75, 3.05) is 7.11 Å². The first-order chi connectivity index (χ1) is 9.28. The van der Waals surface area contributed by atoms with Crippen molar-refractivity contribution in [1.82, 2.24) is 10.5 Å². The number of hydroxylamine groups is 1. The third-order valence-electron chi connectivity index (χ3n) is 2.53. The predicted octanol–water partition coefficient (Wildman–Crippen LogP) is 2.85. The topological polar surface area (TPSA) is 64.4 Å². The van der Waals surface area contributed by atoms with Gasteiger partial charge in [-0.3, -0.25) is 9.63 Å². The second-order valence-corrected chi connectivity index (χ2v) is 4.82. The van der Waals surface area contributed by atoms with Crippen LogP contribution in [-0.2, 0) is 4.84 Å². The lowest BCUT2D eigenvalue weighted by molar-refractivity contribution is 0.0510. The number of hydrogen-bond donors (Lipinski definition) is 1. The summed E-state index contributed by atoms with van der Waals surface area (Å²) in [6.07, 6.45) is 0. The molecule has 19 heavy (non-hydrogen) atoms. The number of fused-ring (bicyclic) bond motifs is 1. The largest absolute Gasteiger partial charge is 0.448 e. The first-order valence-electron chi connectivity index (χ1n) is 5.57. The minimum atomic E-state index is -0.421. The molecular weight excluding hydrogens is 264 g/mol. The number of para-hydroxylation sites is 1. The maximum atomic E-state index is 11.5. The molecule has 0 unspecified atom stereocenters. The lowest BCUT2D eigenvalue weighted by atomic mass is 10.3. The molecule has 5 nitrogen and oxygen atoms in total. The van der Waals surface area contributed by atoms with E-state index in [1.807, 2.05) is 24.3 Å². The Morgan fingerprint density at radius 2 is 2.16 bits per heavy atom. The molecule has 0 aliphatic rings. The number of carbonyl (C=O) groups excluding carboxylic acids is 1. The number of carbonyl (C=O) groups is 1. The van der Waals surface area contributed by atoms with Crippen LogP contribution in [0.3, 0.4) is 0 Å². The van der Waals surface area contributed by atoms with Crippen LogP contribution in [0.2, 0.25) is 0 Å². The summed E-state index contributed by atoms with van der Waals surface area (Å²) in [6, 6.07) is 11.2. The van der Waals surface area contributed by atoms with E-state index in [4.69, 9.17) is 4.42 Å². The van der Waals surface area contributed by atoms with Gasteiger partial charge in [0.05, 0.1) is 17.3 Å². The van der Waals surface area contributed by atoms with Crippen molar-refractivity contribution in [2.24, 2.45) is 0 Å². The molecular formula is C13H10N2O3S. The summed E-state index contributed by atoms with van der Waals surface area (Å²) in [5.41, 5.74) is 3.12. The van der Waals surface area contributed by atoms with Gasteiger partial charge in [0.2, 0.25) is 0 Å². The summed E-state index contributed by atoms with van der Waals surface area (Å²) in [5.74, 6) is 0.341. The van der Waals surface area contributed by atoms with Gasteiger partial charge in [-0.2, -0.15) is 0 Å². The fraction of sp³-hybridized carbons (Fsp3) is 0.0769. The molecule has 0 aliphatic heterocycles. The summed E-state index contributed by atoms with van der Waals surface area (Å²) < 4.78 is 6.55. The molecule has 0 saturated carbocycles. The second-order valence-electron chi connectivity index (χ2n) is 3.79. The van der Waals surface area contributed by atoms with Gasteiger partial charge in [-0.1, -0.05) is 12.1 Å². The van der Waals surface area contributed by atoms with E-state index in [0.29, 0.717) is 5.76 Å². The average molecular weight is 274 g/mol. The number of nitrogens with one attached hydrogen (secondary N) is 1. The Labute approximate surface area is 112 Å². The van der Waals surface area contributed by atoms with Crippen molar-refractivity contribution < 1.29 is 14.0 Å². The lowest BCUT2D eigenvalue weighted by Crippen LogP contribution is -2.20. The highest BCUT2D eigenvalue weighted by Crippen LogP contribution is 2.30. The van der Waals surface area contributed by atoms with E-state index >= 15 is 0 Å². The van der Waals surface area contributed by atoms with Crippen LogP contribution in [0.5, 0.6) is 0 Å². The average Bonchev–Trinajstić information content (AvgIpc) is 3.05. The minimum absolute atomic E-state index is 0.191. The highest BCUT2D eigenvalue weighted by Gasteiger charge is 2.14. The third-order valence-corrected chi connectivity index (χ3v) is 3.58. The summed E-state index contributed by atoms with van der Waals surface area (Å²) in [4.78, 5) is 20.5. The number of furan rings is 1. The minimum Gasteiger partial charge on any atom is -0.448 e. The van der Waals surface area contributed by atoms with Crippen LogP contribution in [-0.4, -0.2) is 18.0 Å². The van der Waals surface area contributed by atoms with Crippen molar-refractivity contribution in [3.63, 3.8) is 0 Å². The van der Waals surface area contributed by atoms with E-state index in [9.17, 15) is 4.79 Å². The molecule has 6 heteroatoms. The lowest BCUT2D eigenvalue weighted by Gasteiger charge is -1.96. The van der Waals surface area contributed by atoms with Crippen LogP contribution >= 0.6 is 11.3 Å². The van der Waals surface area contributed by atoms with Crippen LogP contribution in [0, 0.1) is 0 Å². The van der Waals surface area contributed by atoms with Crippen LogP contribution in [0.25, 0.3) is 21.0 Å². The number of amides is 1. The summed E-state index contributed by atoms with van der Waals surface area (Å²) in [6.45, 7) is 0. The van der Waals surface area contributed by atoms with Crippen molar-refractivity contribution >= 4 is 27.5 Å². The zero-order valence-corrected chi connectivity index (χ0v) is 10.9. The molecule has 0 fully saturated rings. The van der Waals surface area contributed by atoms with E-state index < -0.39 is 5.91 Å². The molecule has 3 aromatic rings. The van der Waals surface area contributed by atoms with Crippen molar-refractivity contribution in [3.8, 4) is 10.8 Å². The van der Waals surface area contributed by atoms with E-state index in [0.717, 1.165) is 15.2 Å². The molecule has 0 atom stereocenters. The van der Waals surface area contributed by atoms with Crippen LogP contribution < -0.4 is 5.48 Å². The first kappa shape index (κ1) is 11.9. The molecule has 0 aliphatic carbocycles. The smallest absolute Gasteiger partial charge is 0.310 e. The molecule has 1 aromatic carbocycles. The number of nitrogens with zero attached hydrogens (tertiary/aromatic N) is 1. The number of thiazole rings is 1. The van der Waals surface area contributed by atoms with E-state index in [-0.39, 0.29) is 5.76 Å². The third kappa shape index (κ3) is 2.23. The Bertz CT molecular complexity index is 699. The zero-order valence-electron chi connectivity index (χ0n) is 10.0. The molecule has 2 aromatic heterocycles. The van der Waals surface area contributed by atoms with Crippen LogP contribution in [0.1, 0.15) is 10.6 Å². The number of hydrogen-bond acceptors (Lipinski definition) is 5.